The number of hydrogen-bond donors (Lipinski definition) is 1. The summed E-state index contributed by atoms with van der Waals surface area (Å²) in [4.78, 5) is 8.00. The largest absolute Gasteiger partial charge is 0.490 e. The van der Waals surface area contributed by atoms with E-state index in [-0.39, 0.29) is 0 Å². The lowest BCUT2D eigenvalue weighted by atomic mass is 10.1. The number of ether oxygens (including phenoxy) is 1. The Hall–Kier alpha value is -1.55. The predicted molar refractivity (Wildman–Crippen MR) is 69.5 cm³/mol. The van der Waals surface area contributed by atoms with Gasteiger partial charge < -0.3 is 10.5 Å². The lowest BCUT2D eigenvalue weighted by molar-refractivity contribution is 0.302. The Bertz CT molecular complexity index is 467. The van der Waals surface area contributed by atoms with Gasteiger partial charge in [-0.15, -0.1) is 0 Å². The summed E-state index contributed by atoms with van der Waals surface area (Å²) in [5.41, 5.74) is 7.16. The smallest absolute Gasteiger partial charge is 0.132 e. The van der Waals surface area contributed by atoms with Crippen LogP contribution in [0.1, 0.15) is 18.4 Å². The molecule has 1 heterocycles. The van der Waals surface area contributed by atoms with E-state index in [0.29, 0.717) is 17.0 Å². The number of rotatable bonds is 4. The minimum absolute atomic E-state index is 0.296. The van der Waals surface area contributed by atoms with Crippen molar-refractivity contribution in [1.29, 1.82) is 0 Å². The average Bonchev–Trinajstić information content (AvgIpc) is 3.11. The van der Waals surface area contributed by atoms with Crippen molar-refractivity contribution < 1.29 is 4.74 Å². The molecule has 1 aromatic heterocycles. The summed E-state index contributed by atoms with van der Waals surface area (Å²) in [6, 6.07) is 1.71. The van der Waals surface area contributed by atoms with Crippen molar-refractivity contribution >= 4 is 23.4 Å². The van der Waals surface area contributed by atoms with E-state index in [1.165, 1.54) is 6.20 Å². The summed E-state index contributed by atoms with van der Waals surface area (Å²) in [5.74, 6) is 0.712. The fraction of sp³-hybridized carbons (Fsp3) is 0.333. The van der Waals surface area contributed by atoms with Crippen LogP contribution in [0.3, 0.4) is 0 Å². The van der Waals surface area contributed by atoms with Crippen LogP contribution in [-0.4, -0.2) is 24.4 Å². The van der Waals surface area contributed by atoms with E-state index in [0.717, 1.165) is 24.0 Å². The van der Waals surface area contributed by atoms with Gasteiger partial charge in [-0.3, -0.25) is 4.99 Å². The molecule has 17 heavy (non-hydrogen) atoms. The van der Waals surface area contributed by atoms with Crippen LogP contribution in [0, 0.1) is 0 Å². The monoisotopic (exact) mass is 251 g/mol. The highest BCUT2D eigenvalue weighted by molar-refractivity contribution is 6.29. The highest BCUT2D eigenvalue weighted by Gasteiger charge is 2.25. The molecular formula is C12H14ClN3O. The summed E-state index contributed by atoms with van der Waals surface area (Å²) in [7, 11) is 1.69. The summed E-state index contributed by atoms with van der Waals surface area (Å²) >= 11 is 5.87. The quantitative estimate of drug-likeness (QED) is 0.660. The molecule has 5 heteroatoms. The van der Waals surface area contributed by atoms with Gasteiger partial charge in [0.05, 0.1) is 6.10 Å². The van der Waals surface area contributed by atoms with E-state index in [1.54, 1.807) is 25.5 Å². The van der Waals surface area contributed by atoms with Gasteiger partial charge in [0.15, 0.2) is 0 Å². The maximum atomic E-state index is 5.87. The molecule has 1 aromatic rings. The fourth-order valence-electron chi connectivity index (χ4n) is 1.43. The third-order valence-corrected chi connectivity index (χ3v) is 2.62. The molecule has 1 fully saturated rings. The van der Waals surface area contributed by atoms with Crippen molar-refractivity contribution in [3.63, 3.8) is 0 Å². The van der Waals surface area contributed by atoms with Gasteiger partial charge in [-0.1, -0.05) is 11.6 Å². The number of nitrogens with two attached hydrogens (primary N) is 1. The molecule has 2 rings (SSSR count). The zero-order valence-corrected chi connectivity index (χ0v) is 10.3. The van der Waals surface area contributed by atoms with E-state index in [4.69, 9.17) is 22.1 Å². The van der Waals surface area contributed by atoms with E-state index in [9.17, 15) is 0 Å². The van der Waals surface area contributed by atoms with E-state index < -0.39 is 0 Å². The van der Waals surface area contributed by atoms with Gasteiger partial charge in [-0.25, -0.2) is 4.98 Å². The van der Waals surface area contributed by atoms with Crippen LogP contribution in [-0.2, 0) is 0 Å². The van der Waals surface area contributed by atoms with Crippen molar-refractivity contribution in [1.82, 2.24) is 4.98 Å². The third-order valence-electron chi connectivity index (χ3n) is 2.41. The van der Waals surface area contributed by atoms with Gasteiger partial charge >= 0.3 is 0 Å². The fourth-order valence-corrected chi connectivity index (χ4v) is 1.58. The molecule has 1 aliphatic rings. The Morgan fingerprint density at radius 1 is 1.65 bits per heavy atom. The van der Waals surface area contributed by atoms with E-state index in [1.807, 2.05) is 0 Å². The zero-order chi connectivity index (χ0) is 12.3. The molecule has 4 nitrogen and oxygen atoms in total. The number of nitrogens with zero attached hydrogens (tertiary/aromatic N) is 2. The van der Waals surface area contributed by atoms with Crippen molar-refractivity contribution in [3.8, 4) is 5.75 Å². The van der Waals surface area contributed by atoms with Gasteiger partial charge in [0.2, 0.25) is 0 Å². The first-order chi connectivity index (χ1) is 8.24. The molecular weight excluding hydrogens is 238 g/mol. The van der Waals surface area contributed by atoms with Gasteiger partial charge in [-0.2, -0.15) is 0 Å². The normalized spacial score (nSPS) is 16.5. The predicted octanol–water partition coefficient (Wildman–Crippen LogP) is 2.28. The van der Waals surface area contributed by atoms with Gasteiger partial charge in [0.1, 0.15) is 10.9 Å². The first kappa shape index (κ1) is 11.9. The Morgan fingerprint density at radius 2 is 2.41 bits per heavy atom. The molecule has 0 bridgehead atoms. The minimum atomic E-state index is 0.296. The Kier molecular flexibility index (Phi) is 3.64. The molecule has 0 atom stereocenters. The van der Waals surface area contributed by atoms with Gasteiger partial charge in [0.25, 0.3) is 0 Å². The lowest BCUT2D eigenvalue weighted by Crippen LogP contribution is -2.02. The number of halogens is 1. The van der Waals surface area contributed by atoms with Crippen molar-refractivity contribution in [2.75, 3.05) is 7.05 Å². The summed E-state index contributed by atoms with van der Waals surface area (Å²) < 4.78 is 5.78. The second kappa shape index (κ2) is 5.19. The van der Waals surface area contributed by atoms with Crippen LogP contribution in [0.25, 0.3) is 5.57 Å². The van der Waals surface area contributed by atoms with Gasteiger partial charge in [-0.05, 0) is 12.8 Å². The molecule has 1 aliphatic carbocycles. The van der Waals surface area contributed by atoms with Crippen molar-refractivity contribution in [2.24, 2.45) is 10.7 Å². The molecule has 0 aromatic carbocycles. The van der Waals surface area contributed by atoms with Crippen molar-refractivity contribution in [2.45, 2.75) is 18.9 Å². The zero-order valence-electron chi connectivity index (χ0n) is 9.56. The molecule has 1 saturated carbocycles. The number of aliphatic imine (C=N–C) groups is 1. The van der Waals surface area contributed by atoms with Crippen LogP contribution in [0.5, 0.6) is 5.75 Å². The molecule has 0 spiro atoms. The molecule has 0 aliphatic heterocycles. The maximum Gasteiger partial charge on any atom is 0.132 e. The molecule has 0 unspecified atom stereocenters. The van der Waals surface area contributed by atoms with Gasteiger partial charge in [0, 0.05) is 42.9 Å². The molecule has 90 valence electrons. The van der Waals surface area contributed by atoms with E-state index in [2.05, 4.69) is 9.98 Å². The van der Waals surface area contributed by atoms with Crippen LogP contribution in [0.2, 0.25) is 5.15 Å². The summed E-state index contributed by atoms with van der Waals surface area (Å²) in [6.45, 7) is 0. The summed E-state index contributed by atoms with van der Waals surface area (Å²) in [5, 5.41) is 0.411. The van der Waals surface area contributed by atoms with Crippen LogP contribution < -0.4 is 10.5 Å². The van der Waals surface area contributed by atoms with Crippen LogP contribution in [0.4, 0.5) is 0 Å². The maximum absolute atomic E-state index is 5.87. The number of hydrogen-bond acceptors (Lipinski definition) is 4. The van der Waals surface area contributed by atoms with Crippen LogP contribution in [0.15, 0.2) is 23.5 Å². The molecule has 2 N–H and O–H groups in total. The average molecular weight is 252 g/mol. The van der Waals surface area contributed by atoms with Crippen LogP contribution >= 0.6 is 11.6 Å². The number of pyridine rings is 1. The first-order valence-corrected chi connectivity index (χ1v) is 5.79. The Morgan fingerprint density at radius 3 is 3.00 bits per heavy atom. The lowest BCUT2D eigenvalue weighted by Gasteiger charge is -2.10. The SMILES string of the molecule is CN=C/C(=C\N)c1cnc(Cl)cc1OC1CC1. The second-order valence-corrected chi connectivity index (χ2v) is 4.22. The topological polar surface area (TPSA) is 60.5 Å². The molecule has 0 saturated heterocycles. The standard InChI is InChI=1S/C12H14ClN3O/c1-15-6-8(5-14)10-7-16-12(13)4-11(10)17-9-2-3-9/h4-7,9H,2-3,14H2,1H3/b8-5+,15-6?. The number of aromatic nitrogens is 1. The molecule has 0 radical (unpaired) electrons. The minimum Gasteiger partial charge on any atom is -0.490 e. The van der Waals surface area contributed by atoms with Crippen molar-refractivity contribution in [3.05, 3.63) is 29.2 Å². The Balaban J connectivity index is 2.36. The number of allylic oxidation sites excluding steroid dienone is 1. The third kappa shape index (κ3) is 2.97. The summed E-state index contributed by atoms with van der Waals surface area (Å²) in [6.07, 6.45) is 7.28. The highest BCUT2D eigenvalue weighted by atomic mass is 35.5. The Labute approximate surface area is 105 Å². The molecule has 0 amide bonds. The second-order valence-electron chi connectivity index (χ2n) is 3.83. The highest BCUT2D eigenvalue weighted by Crippen LogP contribution is 2.32. The first-order valence-electron chi connectivity index (χ1n) is 5.41. The van der Waals surface area contributed by atoms with E-state index >= 15 is 0 Å².